The first kappa shape index (κ1) is 14.5. The fraction of sp³-hybridized carbons (Fsp3) is 0.133. The van der Waals surface area contributed by atoms with Crippen molar-refractivity contribution in [3.63, 3.8) is 0 Å². The monoisotopic (exact) mass is 337 g/mol. The quantitative estimate of drug-likeness (QED) is 0.915. The number of hydrogen-bond acceptors (Lipinski definition) is 2. The van der Waals surface area contributed by atoms with Crippen molar-refractivity contribution in [1.29, 1.82) is 0 Å². The van der Waals surface area contributed by atoms with Gasteiger partial charge in [-0.15, -0.1) is 0 Å². The number of anilines is 1. The maximum Gasteiger partial charge on any atom is 0.265 e. The number of nitrogens with one attached hydrogen (secondary N) is 1. The smallest absolute Gasteiger partial charge is 0.265 e. The summed E-state index contributed by atoms with van der Waals surface area (Å²) in [5, 5.41) is 2.75. The Morgan fingerprint density at radius 2 is 1.95 bits per heavy atom. The zero-order valence-corrected chi connectivity index (χ0v) is 12.4. The lowest BCUT2D eigenvalue weighted by Gasteiger charge is -2.14. The normalized spacial score (nSPS) is 11.8. The number of carbonyl (C=O) groups excluding carboxylic acids is 1. The molecule has 20 heavy (non-hydrogen) atoms. The van der Waals surface area contributed by atoms with E-state index in [0.717, 1.165) is 4.47 Å². The van der Waals surface area contributed by atoms with E-state index in [2.05, 4.69) is 21.2 Å². The summed E-state index contributed by atoms with van der Waals surface area (Å²) < 4.78 is 19.1. The van der Waals surface area contributed by atoms with Crippen LogP contribution in [0.2, 0.25) is 0 Å². The Bertz CT molecular complexity index is 601. The van der Waals surface area contributed by atoms with E-state index < -0.39 is 6.10 Å². The molecule has 0 fully saturated rings. The van der Waals surface area contributed by atoms with E-state index in [9.17, 15) is 9.18 Å². The average Bonchev–Trinajstić information content (AvgIpc) is 2.41. The summed E-state index contributed by atoms with van der Waals surface area (Å²) in [4.78, 5) is 12.0. The van der Waals surface area contributed by atoms with Crippen LogP contribution in [0.1, 0.15) is 6.92 Å². The third-order valence-electron chi connectivity index (χ3n) is 2.59. The number of amides is 1. The molecule has 0 aliphatic rings. The van der Waals surface area contributed by atoms with Gasteiger partial charge in [-0.05, 0) is 49.4 Å². The maximum absolute atomic E-state index is 12.8. The maximum atomic E-state index is 12.8. The molecule has 1 amide bonds. The van der Waals surface area contributed by atoms with Gasteiger partial charge in [-0.3, -0.25) is 4.79 Å². The zero-order valence-electron chi connectivity index (χ0n) is 10.8. The van der Waals surface area contributed by atoms with Gasteiger partial charge in [0.2, 0.25) is 0 Å². The second-order valence-corrected chi connectivity index (χ2v) is 5.13. The van der Waals surface area contributed by atoms with Crippen LogP contribution in [0.15, 0.2) is 53.0 Å². The number of benzene rings is 2. The van der Waals surface area contributed by atoms with Gasteiger partial charge in [0.25, 0.3) is 5.91 Å². The molecule has 0 saturated carbocycles. The Balaban J connectivity index is 1.96. The molecule has 3 nitrogen and oxygen atoms in total. The fourth-order valence-electron chi connectivity index (χ4n) is 1.58. The second kappa shape index (κ2) is 6.52. The molecule has 0 radical (unpaired) electrons. The summed E-state index contributed by atoms with van der Waals surface area (Å²) in [6.45, 7) is 1.64. The highest BCUT2D eigenvalue weighted by molar-refractivity contribution is 9.10. The Labute approximate surface area is 124 Å². The third kappa shape index (κ3) is 4.06. The molecule has 0 heterocycles. The molecule has 0 aliphatic heterocycles. The van der Waals surface area contributed by atoms with Gasteiger partial charge in [-0.1, -0.05) is 22.0 Å². The largest absolute Gasteiger partial charge is 0.481 e. The Morgan fingerprint density at radius 1 is 1.25 bits per heavy atom. The highest BCUT2D eigenvalue weighted by atomic mass is 79.9. The van der Waals surface area contributed by atoms with Crippen molar-refractivity contribution in [1.82, 2.24) is 0 Å². The minimum atomic E-state index is -0.681. The van der Waals surface area contributed by atoms with E-state index in [1.165, 1.54) is 24.3 Å². The topological polar surface area (TPSA) is 38.3 Å². The SMILES string of the molecule is C[C@@H](Oc1ccc(F)cc1)C(=O)Nc1cccc(Br)c1. The van der Waals surface area contributed by atoms with Crippen LogP contribution in [-0.4, -0.2) is 12.0 Å². The molecule has 2 rings (SSSR count). The van der Waals surface area contributed by atoms with Gasteiger partial charge in [-0.2, -0.15) is 0 Å². The van der Waals surface area contributed by atoms with Crippen LogP contribution < -0.4 is 10.1 Å². The molecule has 0 saturated heterocycles. The van der Waals surface area contributed by atoms with E-state index in [1.54, 1.807) is 19.1 Å². The highest BCUT2D eigenvalue weighted by Crippen LogP contribution is 2.17. The lowest BCUT2D eigenvalue weighted by molar-refractivity contribution is -0.122. The zero-order chi connectivity index (χ0) is 14.5. The van der Waals surface area contributed by atoms with Crippen LogP contribution in [-0.2, 0) is 4.79 Å². The minimum absolute atomic E-state index is 0.271. The molecule has 0 spiro atoms. The summed E-state index contributed by atoms with van der Waals surface area (Å²) in [5.74, 6) is -0.167. The molecule has 1 atom stereocenters. The predicted octanol–water partition coefficient (Wildman–Crippen LogP) is 3.99. The van der Waals surface area contributed by atoms with Gasteiger partial charge in [0.15, 0.2) is 6.10 Å². The van der Waals surface area contributed by atoms with Crippen molar-refractivity contribution in [2.24, 2.45) is 0 Å². The first-order chi connectivity index (χ1) is 9.54. The molecule has 2 aromatic carbocycles. The number of halogens is 2. The van der Waals surface area contributed by atoms with E-state index in [0.29, 0.717) is 11.4 Å². The van der Waals surface area contributed by atoms with Gasteiger partial charge < -0.3 is 10.1 Å². The van der Waals surface area contributed by atoms with Crippen LogP contribution in [0.3, 0.4) is 0 Å². The average molecular weight is 338 g/mol. The summed E-state index contributed by atoms with van der Waals surface area (Å²) in [6.07, 6.45) is -0.681. The van der Waals surface area contributed by atoms with Crippen molar-refractivity contribution < 1.29 is 13.9 Å². The molecule has 0 bridgehead atoms. The molecule has 1 N–H and O–H groups in total. The molecule has 2 aromatic rings. The number of carbonyl (C=O) groups is 1. The van der Waals surface area contributed by atoms with E-state index in [4.69, 9.17) is 4.74 Å². The summed E-state index contributed by atoms with van der Waals surface area (Å²) in [6, 6.07) is 12.8. The molecule has 104 valence electrons. The van der Waals surface area contributed by atoms with E-state index in [-0.39, 0.29) is 11.7 Å². The lowest BCUT2D eigenvalue weighted by atomic mass is 10.3. The van der Waals surface area contributed by atoms with Gasteiger partial charge in [0.1, 0.15) is 11.6 Å². The van der Waals surface area contributed by atoms with Gasteiger partial charge >= 0.3 is 0 Å². The van der Waals surface area contributed by atoms with Crippen molar-refractivity contribution in [3.05, 3.63) is 58.8 Å². The van der Waals surface area contributed by atoms with Gasteiger partial charge in [0.05, 0.1) is 0 Å². The minimum Gasteiger partial charge on any atom is -0.481 e. The Morgan fingerprint density at radius 3 is 2.60 bits per heavy atom. The number of ether oxygens (including phenoxy) is 1. The van der Waals surface area contributed by atoms with Gasteiger partial charge in [0, 0.05) is 10.2 Å². The molecular formula is C15H13BrFNO2. The standard InChI is InChI=1S/C15H13BrFNO2/c1-10(20-14-7-5-12(17)6-8-14)15(19)18-13-4-2-3-11(16)9-13/h2-10H,1H3,(H,18,19)/t10-/m1/s1. The van der Waals surface area contributed by atoms with Crippen molar-refractivity contribution in [2.75, 3.05) is 5.32 Å². The van der Waals surface area contributed by atoms with E-state index >= 15 is 0 Å². The summed E-state index contributed by atoms with van der Waals surface area (Å²) in [5.41, 5.74) is 0.680. The number of hydrogen-bond donors (Lipinski definition) is 1. The predicted molar refractivity (Wildman–Crippen MR) is 79.3 cm³/mol. The first-order valence-electron chi connectivity index (χ1n) is 6.03. The summed E-state index contributed by atoms with van der Waals surface area (Å²) in [7, 11) is 0. The Kier molecular flexibility index (Phi) is 4.74. The molecule has 0 aromatic heterocycles. The van der Waals surface area contributed by atoms with Crippen LogP contribution in [0.25, 0.3) is 0 Å². The third-order valence-corrected chi connectivity index (χ3v) is 3.08. The van der Waals surface area contributed by atoms with E-state index in [1.807, 2.05) is 12.1 Å². The van der Waals surface area contributed by atoms with Gasteiger partial charge in [-0.25, -0.2) is 4.39 Å². The van der Waals surface area contributed by atoms with Crippen molar-refractivity contribution in [2.45, 2.75) is 13.0 Å². The molecule has 5 heteroatoms. The second-order valence-electron chi connectivity index (χ2n) is 4.21. The molecule has 0 unspecified atom stereocenters. The highest BCUT2D eigenvalue weighted by Gasteiger charge is 2.14. The lowest BCUT2D eigenvalue weighted by Crippen LogP contribution is -2.30. The van der Waals surface area contributed by atoms with Crippen molar-refractivity contribution in [3.8, 4) is 5.75 Å². The van der Waals surface area contributed by atoms with Crippen LogP contribution in [0, 0.1) is 5.82 Å². The summed E-state index contributed by atoms with van der Waals surface area (Å²) >= 11 is 3.33. The molecule has 0 aliphatic carbocycles. The molecular weight excluding hydrogens is 325 g/mol. The Hall–Kier alpha value is -1.88. The number of rotatable bonds is 4. The van der Waals surface area contributed by atoms with Crippen LogP contribution >= 0.6 is 15.9 Å². The first-order valence-corrected chi connectivity index (χ1v) is 6.82. The van der Waals surface area contributed by atoms with Crippen molar-refractivity contribution >= 4 is 27.5 Å². The van der Waals surface area contributed by atoms with Crippen LogP contribution in [0.4, 0.5) is 10.1 Å². The fourth-order valence-corrected chi connectivity index (χ4v) is 1.98. The van der Waals surface area contributed by atoms with Crippen LogP contribution in [0.5, 0.6) is 5.75 Å².